The molecule has 0 saturated carbocycles. The second-order valence-electron chi connectivity index (χ2n) is 7.86. The minimum Gasteiger partial charge on any atom is -0.353 e. The summed E-state index contributed by atoms with van der Waals surface area (Å²) in [7, 11) is 0. The first-order valence-electron chi connectivity index (χ1n) is 10.5. The Labute approximate surface area is 178 Å². The van der Waals surface area contributed by atoms with Crippen LogP contribution >= 0.6 is 0 Å². The van der Waals surface area contributed by atoms with Crippen molar-refractivity contribution in [2.75, 3.05) is 13.1 Å². The van der Waals surface area contributed by atoms with E-state index in [9.17, 15) is 18.0 Å². The van der Waals surface area contributed by atoms with Gasteiger partial charge < -0.3 is 9.88 Å². The predicted molar refractivity (Wildman–Crippen MR) is 112 cm³/mol. The Balaban J connectivity index is 1.44. The lowest BCUT2D eigenvalue weighted by Gasteiger charge is -2.35. The summed E-state index contributed by atoms with van der Waals surface area (Å²) in [6, 6.07) is 14.8. The molecule has 0 fully saturated rings. The van der Waals surface area contributed by atoms with Gasteiger partial charge in [-0.2, -0.15) is 13.2 Å². The zero-order valence-electron chi connectivity index (χ0n) is 17.3. The van der Waals surface area contributed by atoms with Crippen molar-refractivity contribution < 1.29 is 18.0 Å². The van der Waals surface area contributed by atoms with Crippen LogP contribution in [0.15, 0.2) is 48.5 Å². The highest BCUT2D eigenvalue weighted by atomic mass is 19.4. The van der Waals surface area contributed by atoms with Gasteiger partial charge in [0.05, 0.1) is 11.0 Å². The molecule has 8 heteroatoms. The third-order valence-electron chi connectivity index (χ3n) is 5.89. The lowest BCUT2D eigenvalue weighted by molar-refractivity contribution is -0.147. The highest BCUT2D eigenvalue weighted by Gasteiger charge is 2.38. The third kappa shape index (κ3) is 4.58. The molecule has 1 amide bonds. The molecule has 1 N–H and O–H groups in total. The smallest absolute Gasteiger partial charge is 0.353 e. The molecule has 3 aromatic rings. The Morgan fingerprint density at radius 1 is 1.13 bits per heavy atom. The number of benzene rings is 2. The molecule has 5 nitrogen and oxygen atoms in total. The molecule has 1 unspecified atom stereocenters. The molecule has 0 radical (unpaired) electrons. The highest BCUT2D eigenvalue weighted by molar-refractivity contribution is 5.81. The molecule has 1 aliphatic rings. The monoisotopic (exact) mass is 430 g/mol. The molecule has 0 saturated heterocycles. The minimum absolute atomic E-state index is 0.124. The van der Waals surface area contributed by atoms with Crippen LogP contribution in [-0.2, 0) is 30.5 Å². The minimum atomic E-state index is -4.63. The first-order valence-corrected chi connectivity index (χ1v) is 10.5. The number of aromatic nitrogens is 2. The zero-order valence-corrected chi connectivity index (χ0v) is 17.3. The average molecular weight is 430 g/mol. The van der Waals surface area contributed by atoms with E-state index in [0.717, 1.165) is 30.5 Å². The second kappa shape index (κ2) is 8.70. The number of rotatable bonds is 6. The van der Waals surface area contributed by atoms with Gasteiger partial charge in [-0.1, -0.05) is 43.3 Å². The number of carbonyl (C=O) groups excluding carboxylic acids is 1. The number of hydrogen-bond acceptors (Lipinski definition) is 3. The Morgan fingerprint density at radius 2 is 1.84 bits per heavy atom. The Hall–Kier alpha value is -2.87. The summed E-state index contributed by atoms with van der Waals surface area (Å²) in [6.07, 6.45) is -2.84. The number of nitrogens with one attached hydrogen (secondary N) is 1. The van der Waals surface area contributed by atoms with Gasteiger partial charge in [-0.3, -0.25) is 9.69 Å². The number of halogens is 3. The lowest BCUT2D eigenvalue weighted by Crippen LogP contribution is -2.46. The van der Waals surface area contributed by atoms with Crippen LogP contribution in [0.4, 0.5) is 13.2 Å². The average Bonchev–Trinajstić information content (AvgIpc) is 3.13. The van der Waals surface area contributed by atoms with Gasteiger partial charge in [0.15, 0.2) is 0 Å². The van der Waals surface area contributed by atoms with Crippen LogP contribution in [0.25, 0.3) is 11.0 Å². The molecule has 0 spiro atoms. The predicted octanol–water partition coefficient (Wildman–Crippen LogP) is 4.01. The van der Waals surface area contributed by atoms with E-state index in [4.69, 9.17) is 0 Å². The van der Waals surface area contributed by atoms with Gasteiger partial charge in [0.25, 0.3) is 0 Å². The summed E-state index contributed by atoms with van der Waals surface area (Å²) < 4.78 is 41.3. The summed E-state index contributed by atoms with van der Waals surface area (Å²) in [5.74, 6) is -1.51. The van der Waals surface area contributed by atoms with Gasteiger partial charge in [-0.15, -0.1) is 0 Å². The molecule has 0 aliphatic carbocycles. The van der Waals surface area contributed by atoms with Crippen molar-refractivity contribution in [3.8, 4) is 0 Å². The quantitative estimate of drug-likeness (QED) is 0.643. The van der Waals surface area contributed by atoms with Crippen LogP contribution in [0.5, 0.6) is 0 Å². The molecule has 1 aromatic heterocycles. The fourth-order valence-electron chi connectivity index (χ4n) is 4.24. The lowest BCUT2D eigenvalue weighted by atomic mass is 9.98. The van der Waals surface area contributed by atoms with E-state index in [1.165, 1.54) is 17.2 Å². The normalized spacial score (nSPS) is 15.6. The van der Waals surface area contributed by atoms with Crippen LogP contribution in [0.1, 0.15) is 30.3 Å². The Kier molecular flexibility index (Phi) is 6.00. The van der Waals surface area contributed by atoms with Crippen LogP contribution in [0, 0.1) is 0 Å². The van der Waals surface area contributed by atoms with Crippen molar-refractivity contribution in [1.29, 1.82) is 0 Å². The summed E-state index contributed by atoms with van der Waals surface area (Å²) in [5.41, 5.74) is 3.16. The molecule has 2 heterocycles. The van der Waals surface area contributed by atoms with Gasteiger partial charge in [0.2, 0.25) is 11.7 Å². The molecule has 164 valence electrons. The highest BCUT2D eigenvalue weighted by Crippen LogP contribution is 2.31. The van der Waals surface area contributed by atoms with Crippen molar-refractivity contribution in [3.63, 3.8) is 0 Å². The van der Waals surface area contributed by atoms with Crippen molar-refractivity contribution in [2.24, 2.45) is 0 Å². The summed E-state index contributed by atoms with van der Waals surface area (Å²) in [5, 5.41) is 2.84. The molecular weight excluding hydrogens is 405 g/mol. The van der Waals surface area contributed by atoms with Gasteiger partial charge in [0.1, 0.15) is 6.54 Å². The summed E-state index contributed by atoms with van der Waals surface area (Å²) in [6.45, 7) is 3.74. The van der Waals surface area contributed by atoms with Crippen molar-refractivity contribution in [3.05, 3.63) is 65.5 Å². The molecule has 2 aromatic carbocycles. The molecule has 31 heavy (non-hydrogen) atoms. The van der Waals surface area contributed by atoms with Gasteiger partial charge in [0, 0.05) is 25.7 Å². The van der Waals surface area contributed by atoms with Crippen molar-refractivity contribution in [1.82, 2.24) is 19.8 Å². The van der Waals surface area contributed by atoms with Crippen LogP contribution < -0.4 is 5.32 Å². The molecule has 0 bridgehead atoms. The van der Waals surface area contributed by atoms with E-state index in [2.05, 4.69) is 34.3 Å². The van der Waals surface area contributed by atoms with Crippen molar-refractivity contribution in [2.45, 2.75) is 45.1 Å². The fraction of sp³-hybridized carbons (Fsp3) is 0.391. The Bertz CT molecular complexity index is 1080. The van der Waals surface area contributed by atoms with Gasteiger partial charge in [-0.25, -0.2) is 4.98 Å². The summed E-state index contributed by atoms with van der Waals surface area (Å²) in [4.78, 5) is 18.6. The second-order valence-corrected chi connectivity index (χ2v) is 7.86. The zero-order chi connectivity index (χ0) is 22.0. The van der Waals surface area contributed by atoms with Crippen LogP contribution in [0.3, 0.4) is 0 Å². The largest absolute Gasteiger partial charge is 0.449 e. The van der Waals surface area contributed by atoms with Gasteiger partial charge in [-0.05, 0) is 36.1 Å². The van der Waals surface area contributed by atoms with E-state index >= 15 is 0 Å². The number of amides is 1. The topological polar surface area (TPSA) is 50.2 Å². The molecule has 1 atom stereocenters. The SMILES string of the molecule is CCC(CNC(=O)Cn1c(C(F)(F)F)nc2ccccc21)N1CCc2ccccc2C1. The maximum absolute atomic E-state index is 13.4. The van der Waals surface area contributed by atoms with Crippen LogP contribution in [0.2, 0.25) is 0 Å². The maximum Gasteiger partial charge on any atom is 0.449 e. The fourth-order valence-corrected chi connectivity index (χ4v) is 4.24. The number of hydrogen-bond donors (Lipinski definition) is 1. The van der Waals surface area contributed by atoms with Crippen LogP contribution in [-0.4, -0.2) is 39.5 Å². The molecule has 4 rings (SSSR count). The van der Waals surface area contributed by atoms with E-state index in [1.807, 2.05) is 12.1 Å². The molecular formula is C23H25F3N4O. The number of carbonyl (C=O) groups is 1. The van der Waals surface area contributed by atoms with E-state index < -0.39 is 24.5 Å². The van der Waals surface area contributed by atoms with Gasteiger partial charge >= 0.3 is 6.18 Å². The number of para-hydroxylation sites is 2. The van der Waals surface area contributed by atoms with E-state index in [0.29, 0.717) is 12.1 Å². The number of imidazole rings is 1. The number of alkyl halides is 3. The van der Waals surface area contributed by atoms with E-state index in [1.54, 1.807) is 18.2 Å². The first kappa shape index (κ1) is 21.4. The van der Waals surface area contributed by atoms with E-state index in [-0.39, 0.29) is 11.6 Å². The molecule has 1 aliphatic heterocycles. The Morgan fingerprint density at radius 3 is 2.58 bits per heavy atom. The third-order valence-corrected chi connectivity index (χ3v) is 5.89. The standard InChI is InChI=1S/C23H25F3N4O/c1-2-18(29-12-11-16-7-3-4-8-17(16)14-29)13-27-21(31)15-30-20-10-6-5-9-19(20)28-22(30)23(24,25)26/h3-10,18H,2,11-15H2,1H3,(H,27,31). The maximum atomic E-state index is 13.4. The summed E-state index contributed by atoms with van der Waals surface area (Å²) >= 11 is 0. The van der Waals surface area contributed by atoms with Crippen molar-refractivity contribution >= 4 is 16.9 Å². The first-order chi connectivity index (χ1) is 14.9. The number of fused-ring (bicyclic) bond motifs is 2. The number of nitrogens with zero attached hydrogens (tertiary/aromatic N) is 3.